The Morgan fingerprint density at radius 3 is 2.68 bits per heavy atom. The lowest BCUT2D eigenvalue weighted by Crippen LogP contribution is -2.24. The smallest absolute Gasteiger partial charge is 0.00941 e. The van der Waals surface area contributed by atoms with E-state index in [4.69, 9.17) is 0 Å². The van der Waals surface area contributed by atoms with Crippen LogP contribution in [0.15, 0.2) is 23.8 Å². The molecule has 2 aliphatic carbocycles. The highest BCUT2D eigenvalue weighted by atomic mass is 14.4. The van der Waals surface area contributed by atoms with Gasteiger partial charge in [0.25, 0.3) is 0 Å². The number of hydrogen-bond acceptors (Lipinski definition) is 0. The molecule has 2 aliphatic rings. The molecule has 0 spiro atoms. The number of rotatable bonds is 7. The Morgan fingerprint density at radius 2 is 2.00 bits per heavy atom. The van der Waals surface area contributed by atoms with Crippen molar-refractivity contribution in [3.63, 3.8) is 0 Å². The fourth-order valence-corrected chi connectivity index (χ4v) is 3.89. The van der Waals surface area contributed by atoms with E-state index in [-0.39, 0.29) is 0 Å². The first-order valence-electron chi connectivity index (χ1n) is 8.56. The van der Waals surface area contributed by atoms with Crippen molar-refractivity contribution in [1.29, 1.82) is 0 Å². The minimum absolute atomic E-state index is 0.412. The quantitative estimate of drug-likeness (QED) is 0.367. The molecule has 0 nitrogen and oxygen atoms in total. The third kappa shape index (κ3) is 3.52. The van der Waals surface area contributed by atoms with Crippen molar-refractivity contribution >= 4 is 0 Å². The van der Waals surface area contributed by atoms with Crippen molar-refractivity contribution in [2.45, 2.75) is 84.5 Å². The number of allylic oxidation sites excluding steroid dienone is 4. The van der Waals surface area contributed by atoms with Crippen molar-refractivity contribution in [2.24, 2.45) is 5.41 Å². The maximum Gasteiger partial charge on any atom is 0.00941 e. The van der Waals surface area contributed by atoms with Crippen LogP contribution in [0.2, 0.25) is 0 Å². The van der Waals surface area contributed by atoms with E-state index in [1.54, 1.807) is 11.5 Å². The van der Waals surface area contributed by atoms with Gasteiger partial charge in [0.05, 0.1) is 0 Å². The van der Waals surface area contributed by atoms with E-state index in [2.05, 4.69) is 32.1 Å². The predicted octanol–water partition coefficient (Wildman–Crippen LogP) is 6.39. The van der Waals surface area contributed by atoms with Gasteiger partial charge in [0.1, 0.15) is 0 Å². The molecule has 1 atom stereocenters. The first kappa shape index (κ1) is 14.9. The van der Waals surface area contributed by atoms with Gasteiger partial charge < -0.3 is 0 Å². The lowest BCUT2D eigenvalue weighted by Gasteiger charge is -2.37. The van der Waals surface area contributed by atoms with Crippen LogP contribution in [0.5, 0.6) is 0 Å². The Labute approximate surface area is 120 Å². The molecule has 0 heterocycles. The second kappa shape index (κ2) is 7.31. The molecule has 0 heteroatoms. The van der Waals surface area contributed by atoms with Crippen LogP contribution in [0, 0.1) is 11.3 Å². The second-order valence-electron chi connectivity index (χ2n) is 6.37. The average Bonchev–Trinajstić information content (AvgIpc) is 2.93. The molecule has 0 aliphatic heterocycles. The second-order valence-corrected chi connectivity index (χ2v) is 6.37. The molecule has 0 fully saturated rings. The largest absolute Gasteiger partial charge is 0.0877 e. The molecule has 0 N–H and O–H groups in total. The topological polar surface area (TPSA) is 0 Å². The Balaban J connectivity index is 1.97. The zero-order valence-corrected chi connectivity index (χ0v) is 13.0. The van der Waals surface area contributed by atoms with Crippen molar-refractivity contribution in [3.05, 3.63) is 29.7 Å². The van der Waals surface area contributed by atoms with Crippen LogP contribution in [0.25, 0.3) is 0 Å². The molecule has 19 heavy (non-hydrogen) atoms. The molecular formula is C19H31. The first-order valence-corrected chi connectivity index (χ1v) is 8.56. The van der Waals surface area contributed by atoms with Crippen molar-refractivity contribution < 1.29 is 0 Å². The highest BCUT2D eigenvalue weighted by Gasteiger charge is 2.36. The summed E-state index contributed by atoms with van der Waals surface area (Å²) in [6, 6.07) is 0. The maximum absolute atomic E-state index is 2.56. The first-order chi connectivity index (χ1) is 9.32. The summed E-state index contributed by atoms with van der Waals surface area (Å²) < 4.78 is 0. The molecule has 0 amide bonds. The van der Waals surface area contributed by atoms with E-state index in [1.807, 2.05) is 0 Å². The van der Waals surface area contributed by atoms with Crippen LogP contribution in [-0.4, -0.2) is 0 Å². The van der Waals surface area contributed by atoms with Gasteiger partial charge in [-0.15, -0.1) is 0 Å². The lowest BCUT2D eigenvalue weighted by molar-refractivity contribution is 0.372. The van der Waals surface area contributed by atoms with E-state index in [0.717, 1.165) is 0 Å². The molecule has 1 radical (unpaired) electrons. The fraction of sp³-hybridized carbons (Fsp3) is 0.737. The predicted molar refractivity (Wildman–Crippen MR) is 85.0 cm³/mol. The van der Waals surface area contributed by atoms with E-state index >= 15 is 0 Å². The van der Waals surface area contributed by atoms with E-state index in [0.29, 0.717) is 5.41 Å². The standard InChI is InChI=1S/C19H31/c1-3-5-6-8-12-17-13-11-14-18(17)19(4-2)15-9-7-10-16-19/h9,14-15H,3-8,10-13,16H2,1-2H3. The van der Waals surface area contributed by atoms with Crippen molar-refractivity contribution in [2.75, 3.05) is 0 Å². The molecular weight excluding hydrogens is 228 g/mol. The summed E-state index contributed by atoms with van der Waals surface area (Å²) in [5.41, 5.74) is 2.15. The van der Waals surface area contributed by atoms with Gasteiger partial charge in [0.15, 0.2) is 0 Å². The summed E-state index contributed by atoms with van der Waals surface area (Å²) in [4.78, 5) is 0. The van der Waals surface area contributed by atoms with Gasteiger partial charge in [-0.05, 0) is 44.9 Å². The van der Waals surface area contributed by atoms with Gasteiger partial charge in [0.2, 0.25) is 0 Å². The molecule has 0 saturated carbocycles. The molecule has 0 bridgehead atoms. The Bertz CT molecular complexity index is 323. The molecule has 107 valence electrons. The van der Waals surface area contributed by atoms with Crippen molar-refractivity contribution in [1.82, 2.24) is 0 Å². The molecule has 1 unspecified atom stereocenters. The van der Waals surface area contributed by atoms with Crippen LogP contribution in [-0.2, 0) is 0 Å². The molecule has 0 saturated heterocycles. The van der Waals surface area contributed by atoms with Gasteiger partial charge >= 0.3 is 0 Å². The molecule has 0 aromatic heterocycles. The van der Waals surface area contributed by atoms with Gasteiger partial charge in [-0.25, -0.2) is 0 Å². The van der Waals surface area contributed by atoms with Gasteiger partial charge in [-0.2, -0.15) is 0 Å². The average molecular weight is 259 g/mol. The minimum Gasteiger partial charge on any atom is -0.0877 e. The molecule has 2 rings (SSSR count). The van der Waals surface area contributed by atoms with E-state index in [1.165, 1.54) is 70.6 Å². The van der Waals surface area contributed by atoms with Gasteiger partial charge in [-0.3, -0.25) is 0 Å². The monoisotopic (exact) mass is 259 g/mol. The summed E-state index contributed by atoms with van der Waals surface area (Å²) in [6.45, 7) is 4.68. The molecule has 0 aromatic carbocycles. The van der Waals surface area contributed by atoms with Crippen LogP contribution in [0.1, 0.15) is 84.5 Å². The molecule has 0 aromatic rings. The van der Waals surface area contributed by atoms with Crippen LogP contribution in [0.4, 0.5) is 0 Å². The normalized spacial score (nSPS) is 27.8. The van der Waals surface area contributed by atoms with Crippen LogP contribution >= 0.6 is 0 Å². The third-order valence-corrected chi connectivity index (χ3v) is 5.11. The van der Waals surface area contributed by atoms with Gasteiger partial charge in [0, 0.05) is 11.3 Å². The summed E-state index contributed by atoms with van der Waals surface area (Å²) in [5, 5.41) is 0. The lowest BCUT2D eigenvalue weighted by atomic mass is 9.67. The van der Waals surface area contributed by atoms with Gasteiger partial charge in [-0.1, -0.05) is 63.3 Å². The van der Waals surface area contributed by atoms with Crippen LogP contribution in [0.3, 0.4) is 0 Å². The third-order valence-electron chi connectivity index (χ3n) is 5.11. The Hall–Kier alpha value is -0.520. The minimum atomic E-state index is 0.412. The summed E-state index contributed by atoms with van der Waals surface area (Å²) in [5.74, 6) is 1.80. The fourth-order valence-electron chi connectivity index (χ4n) is 3.89. The van der Waals surface area contributed by atoms with Crippen LogP contribution < -0.4 is 0 Å². The van der Waals surface area contributed by atoms with E-state index in [9.17, 15) is 0 Å². The van der Waals surface area contributed by atoms with E-state index < -0.39 is 0 Å². The zero-order valence-electron chi connectivity index (χ0n) is 13.0. The zero-order chi connectivity index (χ0) is 13.6. The Morgan fingerprint density at radius 1 is 1.11 bits per heavy atom. The highest BCUT2D eigenvalue weighted by molar-refractivity contribution is 5.39. The highest BCUT2D eigenvalue weighted by Crippen LogP contribution is 2.50. The Kier molecular flexibility index (Phi) is 5.73. The van der Waals surface area contributed by atoms with Crippen molar-refractivity contribution in [3.8, 4) is 0 Å². The number of unbranched alkanes of at least 4 members (excludes halogenated alkanes) is 3. The number of hydrogen-bond donors (Lipinski definition) is 0. The summed E-state index contributed by atoms with van der Waals surface area (Å²) >= 11 is 0. The SMILES string of the molecule is CCCCCC[C]1CCC=C1C1(CC)C=CCCC1. The maximum atomic E-state index is 2.56. The summed E-state index contributed by atoms with van der Waals surface area (Å²) in [6.07, 6.45) is 22.5. The summed E-state index contributed by atoms with van der Waals surface area (Å²) in [7, 11) is 0.